The van der Waals surface area contributed by atoms with Crippen molar-refractivity contribution in [2.24, 2.45) is 0 Å². The molecule has 0 aliphatic carbocycles. The van der Waals surface area contributed by atoms with Crippen molar-refractivity contribution >= 4 is 16.7 Å². The fourth-order valence-corrected chi connectivity index (χ4v) is 3.11. The van der Waals surface area contributed by atoms with Gasteiger partial charge in [-0.2, -0.15) is 0 Å². The van der Waals surface area contributed by atoms with Crippen LogP contribution in [-0.2, 0) is 5.41 Å². The van der Waals surface area contributed by atoms with E-state index in [2.05, 4.69) is 76.6 Å². The molecule has 1 aromatic heterocycles. The van der Waals surface area contributed by atoms with Crippen LogP contribution < -0.4 is 10.2 Å². The summed E-state index contributed by atoms with van der Waals surface area (Å²) in [5.74, 6) is 1.69. The number of hydrogen-bond donors (Lipinski definition) is 2. The van der Waals surface area contributed by atoms with E-state index in [0.717, 1.165) is 47.6 Å². The highest BCUT2D eigenvalue weighted by Gasteiger charge is 2.14. The monoisotopic (exact) mass is 363 g/mol. The highest BCUT2D eigenvalue weighted by Crippen LogP contribution is 2.27. The van der Waals surface area contributed by atoms with Gasteiger partial charge in [-0.15, -0.1) is 0 Å². The lowest BCUT2D eigenvalue weighted by Crippen LogP contribution is -3.05. The molecular formula is C23H31N4+. The predicted octanol–water partition coefficient (Wildman–Crippen LogP) is 3.54. The second kappa shape index (κ2) is 8.05. The number of nitrogens with one attached hydrogen (secondary N) is 2. The van der Waals surface area contributed by atoms with Crippen LogP contribution in [0.2, 0.25) is 0 Å². The van der Waals surface area contributed by atoms with Gasteiger partial charge in [-0.05, 0) is 23.1 Å². The van der Waals surface area contributed by atoms with Gasteiger partial charge < -0.3 is 10.2 Å². The fourth-order valence-electron chi connectivity index (χ4n) is 3.11. The molecule has 3 rings (SSSR count). The zero-order valence-electron chi connectivity index (χ0n) is 17.1. The van der Waals surface area contributed by atoms with Crippen molar-refractivity contribution in [1.82, 2.24) is 9.97 Å². The maximum Gasteiger partial charge on any atom is 0.162 e. The lowest BCUT2D eigenvalue weighted by atomic mass is 9.87. The summed E-state index contributed by atoms with van der Waals surface area (Å²) in [6.45, 7) is 8.73. The molecule has 0 amide bonds. The van der Waals surface area contributed by atoms with E-state index in [-0.39, 0.29) is 5.41 Å². The van der Waals surface area contributed by atoms with Crippen LogP contribution in [0.1, 0.15) is 32.8 Å². The zero-order valence-corrected chi connectivity index (χ0v) is 17.1. The standard InChI is InChI=1S/C23H30N4/c1-23(2,3)18-13-11-17(12-14-18)21-25-20-10-7-6-9-19(20)22(26-21)24-15-8-16-27(4)5/h6-7,9-14H,8,15-16H2,1-5H3,(H,24,25,26)/p+1. The number of quaternary nitrogens is 1. The minimum absolute atomic E-state index is 0.143. The molecule has 0 saturated heterocycles. The zero-order chi connectivity index (χ0) is 19.4. The molecule has 0 saturated carbocycles. The number of hydrogen-bond acceptors (Lipinski definition) is 3. The van der Waals surface area contributed by atoms with E-state index in [9.17, 15) is 0 Å². The Bertz CT molecular complexity index is 892. The second-order valence-corrected chi connectivity index (χ2v) is 8.48. The van der Waals surface area contributed by atoms with Gasteiger partial charge in [0.25, 0.3) is 0 Å². The Morgan fingerprint density at radius 2 is 1.63 bits per heavy atom. The molecule has 0 atom stereocenters. The molecule has 0 spiro atoms. The lowest BCUT2D eigenvalue weighted by Gasteiger charge is -2.19. The van der Waals surface area contributed by atoms with Gasteiger partial charge in [-0.3, -0.25) is 0 Å². The summed E-state index contributed by atoms with van der Waals surface area (Å²) in [5, 5.41) is 4.60. The normalized spacial score (nSPS) is 11.9. The van der Waals surface area contributed by atoms with Crippen LogP contribution in [0.3, 0.4) is 0 Å². The van der Waals surface area contributed by atoms with Crippen LogP contribution in [0, 0.1) is 0 Å². The summed E-state index contributed by atoms with van der Waals surface area (Å²) in [4.78, 5) is 11.1. The van der Waals surface area contributed by atoms with E-state index in [4.69, 9.17) is 9.97 Å². The van der Waals surface area contributed by atoms with Crippen molar-refractivity contribution in [1.29, 1.82) is 0 Å². The first-order valence-corrected chi connectivity index (χ1v) is 9.75. The third-order valence-corrected chi connectivity index (χ3v) is 4.76. The third kappa shape index (κ3) is 4.83. The summed E-state index contributed by atoms with van der Waals surface area (Å²) in [6, 6.07) is 16.8. The molecule has 0 aliphatic heterocycles. The van der Waals surface area contributed by atoms with Crippen LogP contribution in [0.5, 0.6) is 0 Å². The maximum atomic E-state index is 4.85. The first-order chi connectivity index (χ1) is 12.8. The highest BCUT2D eigenvalue weighted by atomic mass is 15.1. The lowest BCUT2D eigenvalue weighted by molar-refractivity contribution is -0.858. The van der Waals surface area contributed by atoms with Crippen LogP contribution in [0.15, 0.2) is 48.5 Å². The number of aromatic nitrogens is 2. The van der Waals surface area contributed by atoms with Gasteiger partial charge in [0.2, 0.25) is 0 Å². The van der Waals surface area contributed by atoms with Crippen LogP contribution >= 0.6 is 0 Å². The summed E-state index contributed by atoms with van der Waals surface area (Å²) in [5.41, 5.74) is 3.48. The van der Waals surface area contributed by atoms with Gasteiger partial charge >= 0.3 is 0 Å². The second-order valence-electron chi connectivity index (χ2n) is 8.48. The molecule has 0 fully saturated rings. The topological polar surface area (TPSA) is 42.2 Å². The minimum Gasteiger partial charge on any atom is -0.369 e. The van der Waals surface area contributed by atoms with Gasteiger partial charge in [-0.25, -0.2) is 9.97 Å². The van der Waals surface area contributed by atoms with E-state index >= 15 is 0 Å². The minimum atomic E-state index is 0.143. The molecular weight excluding hydrogens is 332 g/mol. The van der Waals surface area contributed by atoms with Gasteiger partial charge in [0.1, 0.15) is 5.82 Å². The van der Waals surface area contributed by atoms with Gasteiger partial charge in [0.15, 0.2) is 5.82 Å². The van der Waals surface area contributed by atoms with Gasteiger partial charge in [-0.1, -0.05) is 57.2 Å². The molecule has 0 aliphatic rings. The molecule has 0 radical (unpaired) electrons. The van der Waals surface area contributed by atoms with Crippen LogP contribution in [-0.4, -0.2) is 37.2 Å². The Morgan fingerprint density at radius 1 is 0.926 bits per heavy atom. The summed E-state index contributed by atoms with van der Waals surface area (Å²) < 4.78 is 0. The Morgan fingerprint density at radius 3 is 2.30 bits per heavy atom. The summed E-state index contributed by atoms with van der Waals surface area (Å²) >= 11 is 0. The maximum absolute atomic E-state index is 4.85. The summed E-state index contributed by atoms with van der Waals surface area (Å²) in [6.07, 6.45) is 1.11. The number of fused-ring (bicyclic) bond motifs is 1. The van der Waals surface area contributed by atoms with E-state index < -0.39 is 0 Å². The number of nitrogens with zero attached hydrogens (tertiary/aromatic N) is 2. The van der Waals surface area contributed by atoms with Crippen molar-refractivity contribution in [3.05, 3.63) is 54.1 Å². The Balaban J connectivity index is 1.91. The Hall–Kier alpha value is -2.46. The molecule has 142 valence electrons. The fraction of sp³-hybridized carbons (Fsp3) is 0.391. The molecule has 0 bridgehead atoms. The average molecular weight is 364 g/mol. The van der Waals surface area contributed by atoms with Crippen molar-refractivity contribution < 1.29 is 4.90 Å². The van der Waals surface area contributed by atoms with Gasteiger partial charge in [0, 0.05) is 23.9 Å². The summed E-state index contributed by atoms with van der Waals surface area (Å²) in [7, 11) is 4.36. The van der Waals surface area contributed by atoms with Crippen LogP contribution in [0.4, 0.5) is 5.82 Å². The molecule has 0 unspecified atom stereocenters. The molecule has 4 heteroatoms. The van der Waals surface area contributed by atoms with E-state index in [1.54, 1.807) is 0 Å². The van der Waals surface area contributed by atoms with E-state index in [0.29, 0.717) is 0 Å². The smallest absolute Gasteiger partial charge is 0.162 e. The SMILES string of the molecule is C[NH+](C)CCCNc1nc(-c2ccc(C(C)(C)C)cc2)nc2ccccc12. The van der Waals surface area contributed by atoms with Gasteiger partial charge in [0.05, 0.1) is 26.2 Å². The van der Waals surface area contributed by atoms with Crippen molar-refractivity contribution in [3.8, 4) is 11.4 Å². The first kappa shape index (κ1) is 19.3. The van der Waals surface area contributed by atoms with Crippen LogP contribution in [0.25, 0.3) is 22.3 Å². The van der Waals surface area contributed by atoms with Crippen molar-refractivity contribution in [3.63, 3.8) is 0 Å². The molecule has 1 heterocycles. The molecule has 3 aromatic rings. The molecule has 2 N–H and O–H groups in total. The molecule has 4 nitrogen and oxygen atoms in total. The largest absolute Gasteiger partial charge is 0.369 e. The quantitative estimate of drug-likeness (QED) is 0.658. The molecule has 27 heavy (non-hydrogen) atoms. The number of para-hydroxylation sites is 1. The predicted molar refractivity (Wildman–Crippen MR) is 114 cm³/mol. The van der Waals surface area contributed by atoms with Crippen molar-refractivity contribution in [2.75, 3.05) is 32.5 Å². The average Bonchev–Trinajstić information content (AvgIpc) is 2.64. The van der Waals surface area contributed by atoms with E-state index in [1.807, 2.05) is 12.1 Å². The molecule has 2 aromatic carbocycles. The Kier molecular flexibility index (Phi) is 5.76. The third-order valence-electron chi connectivity index (χ3n) is 4.76. The van der Waals surface area contributed by atoms with Crippen molar-refractivity contribution in [2.45, 2.75) is 32.6 Å². The highest BCUT2D eigenvalue weighted by molar-refractivity contribution is 5.90. The number of benzene rings is 2. The van der Waals surface area contributed by atoms with E-state index in [1.165, 1.54) is 10.5 Å². The number of anilines is 1. The first-order valence-electron chi connectivity index (χ1n) is 9.75. The Labute approximate surface area is 162 Å². The number of rotatable bonds is 6.